The summed E-state index contributed by atoms with van der Waals surface area (Å²) >= 11 is 6.15. The van der Waals surface area contributed by atoms with E-state index in [2.05, 4.69) is 5.32 Å². The summed E-state index contributed by atoms with van der Waals surface area (Å²) in [5.41, 5.74) is 2.21. The number of fused-ring (bicyclic) bond motifs is 1. The maximum absolute atomic E-state index is 13.2. The predicted octanol–water partition coefficient (Wildman–Crippen LogP) is 5.43. The lowest BCUT2D eigenvalue weighted by atomic mass is 10.1. The Kier molecular flexibility index (Phi) is 5.25. The Morgan fingerprint density at radius 3 is 2.47 bits per heavy atom. The van der Waals surface area contributed by atoms with Gasteiger partial charge in [0.15, 0.2) is 0 Å². The Morgan fingerprint density at radius 1 is 1.00 bits per heavy atom. The maximum atomic E-state index is 13.2. The molecule has 0 saturated carbocycles. The maximum Gasteiger partial charge on any atom is 0.337 e. The summed E-state index contributed by atoms with van der Waals surface area (Å²) in [6.07, 6.45) is 1.68. The molecule has 0 atom stereocenters. The highest BCUT2D eigenvalue weighted by Gasteiger charge is 2.18. The molecule has 1 amide bonds. The van der Waals surface area contributed by atoms with Crippen LogP contribution >= 0.6 is 11.6 Å². The summed E-state index contributed by atoms with van der Waals surface area (Å²) in [4.78, 5) is 24.4. The zero-order valence-electron chi connectivity index (χ0n) is 15.6. The molecule has 0 bridgehead atoms. The lowest BCUT2D eigenvalue weighted by molar-refractivity contribution is 0.0698. The number of para-hydroxylation sites is 1. The van der Waals surface area contributed by atoms with Gasteiger partial charge in [0.05, 0.1) is 16.8 Å². The second-order valence-electron chi connectivity index (χ2n) is 6.76. The first kappa shape index (κ1) is 19.7. The summed E-state index contributed by atoms with van der Waals surface area (Å²) < 4.78 is 15.1. The standard InChI is InChI=1S/C23H16ClFN2O3/c24-15-7-10-21-18(11-15)19(13-27(21)12-14-5-8-16(25)9-6-14)22(28)26-20-4-2-1-3-17(20)23(29)30/h1-11,13H,12H2,(H,26,28)(H,29,30). The van der Waals surface area contributed by atoms with Crippen LogP contribution in [0.5, 0.6) is 0 Å². The molecule has 3 aromatic carbocycles. The summed E-state index contributed by atoms with van der Waals surface area (Å²) in [7, 11) is 0. The molecule has 1 heterocycles. The quantitative estimate of drug-likeness (QED) is 0.450. The molecule has 7 heteroatoms. The van der Waals surface area contributed by atoms with Crippen molar-refractivity contribution in [3.05, 3.63) is 100 Å². The van der Waals surface area contributed by atoms with Gasteiger partial charge in [-0.25, -0.2) is 9.18 Å². The highest BCUT2D eigenvalue weighted by atomic mass is 35.5. The first-order valence-corrected chi connectivity index (χ1v) is 9.46. The molecule has 0 aliphatic carbocycles. The van der Waals surface area contributed by atoms with Gasteiger partial charge >= 0.3 is 5.97 Å². The van der Waals surface area contributed by atoms with Crippen molar-refractivity contribution in [2.75, 3.05) is 5.32 Å². The van der Waals surface area contributed by atoms with E-state index in [1.54, 1.807) is 42.6 Å². The van der Waals surface area contributed by atoms with E-state index in [4.69, 9.17) is 11.6 Å². The van der Waals surface area contributed by atoms with E-state index < -0.39 is 11.9 Å². The Bertz CT molecular complexity index is 1270. The van der Waals surface area contributed by atoms with Gasteiger partial charge in [-0.2, -0.15) is 0 Å². The number of carboxylic acid groups (broad SMARTS) is 1. The topological polar surface area (TPSA) is 71.3 Å². The molecule has 150 valence electrons. The minimum atomic E-state index is -1.13. The zero-order chi connectivity index (χ0) is 21.3. The summed E-state index contributed by atoms with van der Waals surface area (Å²) in [6.45, 7) is 0.428. The number of nitrogens with zero attached hydrogens (tertiary/aromatic N) is 1. The van der Waals surface area contributed by atoms with Crippen molar-refractivity contribution < 1.29 is 19.1 Å². The number of hydrogen-bond donors (Lipinski definition) is 2. The smallest absolute Gasteiger partial charge is 0.337 e. The van der Waals surface area contributed by atoms with Crippen LogP contribution in [0.25, 0.3) is 10.9 Å². The largest absolute Gasteiger partial charge is 0.478 e. The highest BCUT2D eigenvalue weighted by Crippen LogP contribution is 2.27. The fraction of sp³-hybridized carbons (Fsp3) is 0.0435. The van der Waals surface area contributed by atoms with Crippen molar-refractivity contribution in [1.82, 2.24) is 4.57 Å². The first-order chi connectivity index (χ1) is 14.4. The molecular formula is C23H16ClFN2O3. The average Bonchev–Trinajstić information content (AvgIpc) is 3.07. The second-order valence-corrected chi connectivity index (χ2v) is 7.20. The van der Waals surface area contributed by atoms with E-state index in [1.165, 1.54) is 24.3 Å². The number of aromatic carboxylic acids is 1. The molecule has 0 saturated heterocycles. The number of carboxylic acids is 1. The Balaban J connectivity index is 1.73. The lowest BCUT2D eigenvalue weighted by Gasteiger charge is -2.07. The van der Waals surface area contributed by atoms with E-state index >= 15 is 0 Å². The molecular weight excluding hydrogens is 407 g/mol. The van der Waals surface area contributed by atoms with Gasteiger partial charge in [-0.1, -0.05) is 35.9 Å². The molecule has 0 fully saturated rings. The lowest BCUT2D eigenvalue weighted by Crippen LogP contribution is -2.14. The van der Waals surface area contributed by atoms with Crippen molar-refractivity contribution in [2.45, 2.75) is 6.54 Å². The first-order valence-electron chi connectivity index (χ1n) is 9.09. The molecule has 5 nitrogen and oxygen atoms in total. The summed E-state index contributed by atoms with van der Waals surface area (Å²) in [5.74, 6) is -1.90. The Hall–Kier alpha value is -3.64. The SMILES string of the molecule is O=C(O)c1ccccc1NC(=O)c1cn(Cc2ccc(F)cc2)c2ccc(Cl)cc12. The number of rotatable bonds is 5. The van der Waals surface area contributed by atoms with Crippen LogP contribution in [-0.4, -0.2) is 21.6 Å². The molecule has 0 spiro atoms. The van der Waals surface area contributed by atoms with Crippen molar-refractivity contribution >= 4 is 40.1 Å². The highest BCUT2D eigenvalue weighted by molar-refractivity contribution is 6.31. The molecule has 4 aromatic rings. The number of carbonyl (C=O) groups is 2. The fourth-order valence-corrected chi connectivity index (χ4v) is 3.51. The summed E-state index contributed by atoms with van der Waals surface area (Å²) in [5, 5.41) is 13.1. The third kappa shape index (κ3) is 3.90. The minimum Gasteiger partial charge on any atom is -0.478 e. The number of nitrogens with one attached hydrogen (secondary N) is 1. The molecule has 0 aliphatic heterocycles. The second kappa shape index (κ2) is 8.00. The number of halogens is 2. The Morgan fingerprint density at radius 2 is 1.73 bits per heavy atom. The fourth-order valence-electron chi connectivity index (χ4n) is 3.34. The van der Waals surface area contributed by atoms with Gasteiger partial charge in [-0.05, 0) is 48.0 Å². The normalized spacial score (nSPS) is 10.9. The van der Waals surface area contributed by atoms with Crippen LogP contribution in [0.15, 0.2) is 72.9 Å². The van der Waals surface area contributed by atoms with Gasteiger partial charge in [-0.15, -0.1) is 0 Å². The van der Waals surface area contributed by atoms with Gasteiger partial charge in [-0.3, -0.25) is 4.79 Å². The average molecular weight is 423 g/mol. The van der Waals surface area contributed by atoms with Crippen LogP contribution < -0.4 is 5.32 Å². The predicted molar refractivity (Wildman–Crippen MR) is 114 cm³/mol. The van der Waals surface area contributed by atoms with Crippen LogP contribution in [-0.2, 0) is 6.54 Å². The van der Waals surface area contributed by atoms with E-state index in [0.717, 1.165) is 11.1 Å². The van der Waals surface area contributed by atoms with Gasteiger partial charge in [0.1, 0.15) is 5.82 Å². The van der Waals surface area contributed by atoms with Crippen LogP contribution in [0.4, 0.5) is 10.1 Å². The van der Waals surface area contributed by atoms with Gasteiger partial charge in [0.25, 0.3) is 5.91 Å². The molecule has 4 rings (SSSR count). The number of aromatic nitrogens is 1. The van der Waals surface area contributed by atoms with Crippen molar-refractivity contribution in [3.63, 3.8) is 0 Å². The third-order valence-electron chi connectivity index (χ3n) is 4.76. The molecule has 0 aliphatic rings. The van der Waals surface area contributed by atoms with E-state index in [-0.39, 0.29) is 17.1 Å². The Labute approximate surface area is 176 Å². The van der Waals surface area contributed by atoms with E-state index in [1.807, 2.05) is 10.6 Å². The van der Waals surface area contributed by atoms with E-state index in [0.29, 0.717) is 22.5 Å². The van der Waals surface area contributed by atoms with Crippen molar-refractivity contribution in [2.24, 2.45) is 0 Å². The number of hydrogen-bond acceptors (Lipinski definition) is 2. The molecule has 0 radical (unpaired) electrons. The van der Waals surface area contributed by atoms with Crippen LogP contribution in [0, 0.1) is 5.82 Å². The van der Waals surface area contributed by atoms with Crippen LogP contribution in [0.1, 0.15) is 26.3 Å². The number of anilines is 1. The molecule has 2 N–H and O–H groups in total. The molecule has 1 aromatic heterocycles. The van der Waals surface area contributed by atoms with Gasteiger partial charge < -0.3 is 15.0 Å². The van der Waals surface area contributed by atoms with Crippen molar-refractivity contribution in [1.29, 1.82) is 0 Å². The monoisotopic (exact) mass is 422 g/mol. The van der Waals surface area contributed by atoms with Gasteiger partial charge in [0, 0.05) is 28.7 Å². The number of benzene rings is 3. The van der Waals surface area contributed by atoms with Crippen LogP contribution in [0.2, 0.25) is 5.02 Å². The van der Waals surface area contributed by atoms with Crippen LogP contribution in [0.3, 0.4) is 0 Å². The molecule has 30 heavy (non-hydrogen) atoms. The van der Waals surface area contributed by atoms with E-state index in [9.17, 15) is 19.1 Å². The van der Waals surface area contributed by atoms with Gasteiger partial charge in [0.2, 0.25) is 0 Å². The number of amides is 1. The minimum absolute atomic E-state index is 0.000988. The number of carbonyl (C=O) groups excluding carboxylic acids is 1. The third-order valence-corrected chi connectivity index (χ3v) is 4.99. The molecule has 0 unspecified atom stereocenters. The zero-order valence-corrected chi connectivity index (χ0v) is 16.4. The van der Waals surface area contributed by atoms with Crippen molar-refractivity contribution in [3.8, 4) is 0 Å². The summed E-state index contributed by atoms with van der Waals surface area (Å²) in [6, 6.07) is 17.6.